The van der Waals surface area contributed by atoms with Crippen molar-refractivity contribution in [3.63, 3.8) is 0 Å². The van der Waals surface area contributed by atoms with Gasteiger partial charge in [-0.1, -0.05) is 0 Å². The van der Waals surface area contributed by atoms with E-state index in [0.29, 0.717) is 0 Å². The van der Waals surface area contributed by atoms with Gasteiger partial charge in [-0.25, -0.2) is 9.40 Å². The molecule has 0 spiro atoms. The van der Waals surface area contributed by atoms with Gasteiger partial charge < -0.3 is 5.43 Å². The molecule has 7 heteroatoms. The van der Waals surface area contributed by atoms with Crippen LogP contribution in [0.2, 0.25) is 0 Å². The molecule has 0 aromatic heterocycles. The summed E-state index contributed by atoms with van der Waals surface area (Å²) in [5.41, 5.74) is 2.67. The van der Waals surface area contributed by atoms with Gasteiger partial charge >= 0.3 is 0 Å². The van der Waals surface area contributed by atoms with Crippen LogP contribution in [0.25, 0.3) is 0 Å². The number of anilines is 1. The lowest BCUT2D eigenvalue weighted by molar-refractivity contribution is -0.384. The molecule has 0 saturated heterocycles. The van der Waals surface area contributed by atoms with Crippen molar-refractivity contribution in [2.24, 2.45) is 0 Å². The normalized spacial score (nSPS) is 10.5. The van der Waals surface area contributed by atoms with Crippen molar-refractivity contribution in [2.45, 2.75) is 0 Å². The van der Waals surface area contributed by atoms with Crippen LogP contribution in [0.5, 0.6) is 0 Å². The Balaban J connectivity index is 3.22. The number of nitrogens with zero attached hydrogens (tertiary/aromatic N) is 2. The van der Waals surface area contributed by atoms with Gasteiger partial charge in [0.1, 0.15) is 11.5 Å². The fourth-order valence-corrected chi connectivity index (χ4v) is 1.47. The van der Waals surface area contributed by atoms with Gasteiger partial charge in [0.25, 0.3) is 5.69 Å². The number of nitrogens with one attached hydrogen (secondary N) is 1. The first-order chi connectivity index (χ1) is 6.91. The van der Waals surface area contributed by atoms with E-state index < -0.39 is 10.7 Å². The molecule has 0 heterocycles. The number of rotatable bonds is 3. The van der Waals surface area contributed by atoms with Crippen molar-refractivity contribution in [3.05, 3.63) is 31.6 Å². The van der Waals surface area contributed by atoms with Gasteiger partial charge in [-0.3, -0.25) is 10.1 Å². The van der Waals surface area contributed by atoms with Crippen molar-refractivity contribution >= 4 is 34.0 Å². The lowest BCUT2D eigenvalue weighted by Crippen LogP contribution is -2.20. The smallest absolute Gasteiger partial charge is 0.294 e. The largest absolute Gasteiger partial charge is 0.313 e. The molecule has 0 saturated carbocycles. The first-order valence-electron chi connectivity index (χ1n) is 3.99. The van der Waals surface area contributed by atoms with Crippen LogP contribution < -0.4 is 5.43 Å². The molecule has 5 nitrogen and oxygen atoms in total. The highest BCUT2D eigenvalue weighted by Crippen LogP contribution is 2.28. The number of nitro groups is 1. The third kappa shape index (κ3) is 2.99. The molecule has 15 heavy (non-hydrogen) atoms. The maximum absolute atomic E-state index is 13.2. The van der Waals surface area contributed by atoms with Crippen molar-refractivity contribution in [1.82, 2.24) is 5.01 Å². The summed E-state index contributed by atoms with van der Waals surface area (Å²) in [5, 5.41) is 12.2. The minimum Gasteiger partial charge on any atom is -0.313 e. The van der Waals surface area contributed by atoms with Crippen LogP contribution in [-0.4, -0.2) is 24.0 Å². The molecule has 0 aliphatic rings. The van der Waals surface area contributed by atoms with Gasteiger partial charge in [-0.15, -0.1) is 0 Å². The topological polar surface area (TPSA) is 58.4 Å². The summed E-state index contributed by atoms with van der Waals surface area (Å²) < 4.78 is 13.4. The number of hydrogen-bond donors (Lipinski definition) is 1. The number of hydrogen-bond acceptors (Lipinski definition) is 4. The van der Waals surface area contributed by atoms with Crippen LogP contribution in [-0.2, 0) is 0 Å². The minimum atomic E-state index is -0.548. The molecule has 0 amide bonds. The van der Waals surface area contributed by atoms with Gasteiger partial charge in [-0.2, -0.15) is 0 Å². The third-order valence-electron chi connectivity index (χ3n) is 1.58. The standard InChI is InChI=1S/C8H9FIN3O2/c1-12(2)11-7-3-5(9)6(10)4-8(7)13(14)15/h3-4,11H,1-2H3. The van der Waals surface area contributed by atoms with E-state index in [9.17, 15) is 14.5 Å². The highest BCUT2D eigenvalue weighted by atomic mass is 127. The average Bonchev–Trinajstić information content (AvgIpc) is 2.09. The minimum absolute atomic E-state index is 0.142. The fourth-order valence-electron chi connectivity index (χ4n) is 1.02. The second-order valence-electron chi connectivity index (χ2n) is 3.05. The maximum Gasteiger partial charge on any atom is 0.294 e. The number of benzene rings is 1. The molecule has 0 aliphatic carbocycles. The zero-order chi connectivity index (χ0) is 11.6. The molecule has 1 rings (SSSR count). The van der Waals surface area contributed by atoms with Crippen LogP contribution >= 0.6 is 22.6 Å². The summed E-state index contributed by atoms with van der Waals surface area (Å²) in [4.78, 5) is 10.1. The SMILES string of the molecule is CN(C)Nc1cc(F)c(I)cc1[N+](=O)[O-]. The second kappa shape index (κ2) is 4.71. The van der Waals surface area contributed by atoms with Crippen molar-refractivity contribution in [3.8, 4) is 0 Å². The molecule has 0 aliphatic heterocycles. The van der Waals surface area contributed by atoms with E-state index >= 15 is 0 Å². The van der Waals surface area contributed by atoms with Crippen molar-refractivity contribution in [1.29, 1.82) is 0 Å². The Morgan fingerprint density at radius 2 is 2.13 bits per heavy atom. The summed E-state index contributed by atoms with van der Waals surface area (Å²) in [6, 6.07) is 2.31. The van der Waals surface area contributed by atoms with E-state index in [4.69, 9.17) is 0 Å². The molecule has 0 fully saturated rings. The summed E-state index contributed by atoms with van der Waals surface area (Å²) in [6.45, 7) is 0. The van der Waals surface area contributed by atoms with Gasteiger partial charge in [0.2, 0.25) is 0 Å². The Hall–Kier alpha value is -0.960. The zero-order valence-corrected chi connectivity index (χ0v) is 10.3. The van der Waals surface area contributed by atoms with Crippen LogP contribution in [0.3, 0.4) is 0 Å². The highest BCUT2D eigenvalue weighted by Gasteiger charge is 2.17. The Bertz CT molecular complexity index is 398. The van der Waals surface area contributed by atoms with Crippen LogP contribution in [0.4, 0.5) is 15.8 Å². The lowest BCUT2D eigenvalue weighted by Gasteiger charge is -2.13. The number of hydrazine groups is 1. The van der Waals surface area contributed by atoms with Crippen molar-refractivity contribution < 1.29 is 9.31 Å². The highest BCUT2D eigenvalue weighted by molar-refractivity contribution is 14.1. The molecule has 0 atom stereocenters. The molecular weight excluding hydrogens is 316 g/mol. The summed E-state index contributed by atoms with van der Waals surface area (Å²) in [7, 11) is 3.33. The second-order valence-corrected chi connectivity index (χ2v) is 4.21. The summed E-state index contributed by atoms with van der Waals surface area (Å²) in [5.74, 6) is -0.481. The van der Waals surface area contributed by atoms with Gasteiger partial charge in [0.05, 0.1) is 8.49 Å². The molecule has 0 unspecified atom stereocenters. The third-order valence-corrected chi connectivity index (χ3v) is 2.41. The van der Waals surface area contributed by atoms with Crippen LogP contribution in [0.15, 0.2) is 12.1 Å². The lowest BCUT2D eigenvalue weighted by atomic mass is 10.2. The van der Waals surface area contributed by atoms with E-state index in [1.165, 1.54) is 11.1 Å². The van der Waals surface area contributed by atoms with Crippen molar-refractivity contribution in [2.75, 3.05) is 19.5 Å². The summed E-state index contributed by atoms with van der Waals surface area (Å²) >= 11 is 1.71. The Labute approximate surface area is 99.5 Å². The predicted molar refractivity (Wildman–Crippen MR) is 63.1 cm³/mol. The van der Waals surface area contributed by atoms with E-state index in [1.807, 2.05) is 0 Å². The molecule has 0 bridgehead atoms. The first kappa shape index (κ1) is 12.1. The molecular formula is C8H9FIN3O2. The van der Waals surface area contributed by atoms with E-state index in [1.54, 1.807) is 36.7 Å². The Morgan fingerprint density at radius 1 is 1.53 bits per heavy atom. The monoisotopic (exact) mass is 325 g/mol. The molecule has 1 aromatic rings. The Morgan fingerprint density at radius 3 is 2.60 bits per heavy atom. The molecule has 1 N–H and O–H groups in total. The molecule has 0 radical (unpaired) electrons. The van der Waals surface area contributed by atoms with Gasteiger partial charge in [0.15, 0.2) is 0 Å². The van der Waals surface area contributed by atoms with Gasteiger partial charge in [0, 0.05) is 26.2 Å². The molecule has 1 aromatic carbocycles. The van der Waals surface area contributed by atoms with Crippen LogP contribution in [0.1, 0.15) is 0 Å². The fraction of sp³-hybridized carbons (Fsp3) is 0.250. The van der Waals surface area contributed by atoms with E-state index in [-0.39, 0.29) is 14.9 Å². The summed E-state index contributed by atoms with van der Waals surface area (Å²) in [6.07, 6.45) is 0. The molecule has 82 valence electrons. The van der Waals surface area contributed by atoms with E-state index in [2.05, 4.69) is 5.43 Å². The first-order valence-corrected chi connectivity index (χ1v) is 5.07. The quantitative estimate of drug-likeness (QED) is 0.526. The predicted octanol–water partition coefficient (Wildman–Crippen LogP) is 2.23. The zero-order valence-electron chi connectivity index (χ0n) is 8.12. The Kier molecular flexibility index (Phi) is 3.80. The number of nitro benzene ring substituents is 1. The average molecular weight is 325 g/mol. The number of halogens is 2. The maximum atomic E-state index is 13.2. The van der Waals surface area contributed by atoms with Gasteiger partial charge in [-0.05, 0) is 22.6 Å². The van der Waals surface area contributed by atoms with Crippen LogP contribution in [0, 0.1) is 19.5 Å². The van der Waals surface area contributed by atoms with E-state index in [0.717, 1.165) is 6.07 Å².